The highest BCUT2D eigenvalue weighted by Crippen LogP contribution is 2.33. The van der Waals surface area contributed by atoms with E-state index in [9.17, 15) is 43.2 Å². The first-order valence-electron chi connectivity index (χ1n) is 22.1. The van der Waals surface area contributed by atoms with Gasteiger partial charge in [-0.05, 0) is 85.9 Å². The fourth-order valence-corrected chi connectivity index (χ4v) is 75.9. The Morgan fingerprint density at radius 1 is 0.412 bits per heavy atom. The molecule has 0 heterocycles. The molecule has 0 rings (SSSR count). The van der Waals surface area contributed by atoms with E-state index in [-0.39, 0.29) is 30.2 Å². The van der Waals surface area contributed by atoms with E-state index in [1.807, 2.05) is 6.55 Å². The molecular weight excluding hydrogens is 1170 g/mol. The van der Waals surface area contributed by atoms with E-state index >= 15 is 0 Å². The normalized spacial score (nSPS) is 23.7. The van der Waals surface area contributed by atoms with E-state index in [0.717, 1.165) is 0 Å². The smallest absolute Gasteiger partial charge is 0.420 e. The molecule has 25 nitrogen and oxygen atoms in total. The number of hydrogen-bond acceptors (Lipinski definition) is 25. The Morgan fingerprint density at radius 3 is 1.29 bits per heavy atom. The zero-order valence-corrected chi connectivity index (χ0v) is 60.8. The molecular formula is C27H88O25Si16. The van der Waals surface area contributed by atoms with Gasteiger partial charge < -0.3 is 110 Å². The van der Waals surface area contributed by atoms with Gasteiger partial charge in [0.15, 0.2) is 17.4 Å². The van der Waals surface area contributed by atoms with Crippen molar-refractivity contribution in [1.29, 1.82) is 0 Å². The second-order valence-electron chi connectivity index (χ2n) is 19.1. The molecule has 0 amide bonds. The summed E-state index contributed by atoms with van der Waals surface area (Å²) in [7, 11) is -53.7. The van der Waals surface area contributed by atoms with Gasteiger partial charge in [-0.3, -0.25) is 0 Å². The van der Waals surface area contributed by atoms with Crippen LogP contribution in [0, 0.1) is 0 Å². The fourth-order valence-electron chi connectivity index (χ4n) is 7.94. The zero-order chi connectivity index (χ0) is 54.1. The molecule has 68 heavy (non-hydrogen) atoms. The summed E-state index contributed by atoms with van der Waals surface area (Å²) in [6.45, 7) is 31.9. The summed E-state index contributed by atoms with van der Waals surface area (Å²) in [5.74, 6) is 0. The minimum Gasteiger partial charge on any atom is -0.420 e. The van der Waals surface area contributed by atoms with E-state index in [1.165, 1.54) is 79.7 Å². The topological polar surface area (TPSA) is 330 Å². The lowest BCUT2D eigenvalue weighted by atomic mass is 10.9. The summed E-state index contributed by atoms with van der Waals surface area (Å²) >= 11 is 0. The highest BCUT2D eigenvalue weighted by molar-refractivity contribution is 6.95. The third-order valence-electron chi connectivity index (χ3n) is 8.56. The molecule has 9 N–H and O–H groups in total. The van der Waals surface area contributed by atoms with Crippen molar-refractivity contribution in [3.8, 4) is 0 Å². The Morgan fingerprint density at radius 2 is 0.853 bits per heavy atom. The molecule has 0 saturated heterocycles. The number of hydrogen-bond donors (Lipinski definition) is 9. The van der Waals surface area contributed by atoms with Crippen molar-refractivity contribution in [2.24, 2.45) is 0 Å². The van der Waals surface area contributed by atoms with Crippen LogP contribution in [-0.2, 0) is 67.1 Å². The zero-order valence-electron chi connectivity index (χ0n) is 44.3. The molecule has 0 spiro atoms. The lowest BCUT2D eigenvalue weighted by Gasteiger charge is -2.42. The minimum absolute atomic E-state index is 0.00190. The Balaban J connectivity index is 6.27. The summed E-state index contributed by atoms with van der Waals surface area (Å²) in [4.78, 5) is 97.5. The lowest BCUT2D eigenvalue weighted by Crippen LogP contribution is -2.66. The molecule has 0 saturated carbocycles. The predicted molar refractivity (Wildman–Crippen MR) is 286 cm³/mol. The third-order valence-corrected chi connectivity index (χ3v) is 67.5. The van der Waals surface area contributed by atoms with Crippen molar-refractivity contribution in [2.75, 3.05) is 27.4 Å². The van der Waals surface area contributed by atoms with Crippen LogP contribution in [-0.4, -0.2) is 211 Å². The predicted octanol–water partition coefficient (Wildman–Crippen LogP) is 0.330. The quantitative estimate of drug-likeness (QED) is 0.0382. The second-order valence-corrected chi connectivity index (χ2v) is 67.2. The van der Waals surface area contributed by atoms with Crippen LogP contribution in [0.4, 0.5) is 0 Å². The molecule has 41 heteroatoms. The van der Waals surface area contributed by atoms with Crippen LogP contribution in [0.15, 0.2) is 0 Å². The van der Waals surface area contributed by atoms with Gasteiger partial charge in [-0.1, -0.05) is 0 Å². The van der Waals surface area contributed by atoms with Gasteiger partial charge in [0.2, 0.25) is 0 Å². The Hall–Kier alpha value is 2.47. The minimum atomic E-state index is -4.36. The molecule has 0 radical (unpaired) electrons. The summed E-state index contributed by atoms with van der Waals surface area (Å²) in [6.07, 6.45) is 0. The molecule has 0 bridgehead atoms. The summed E-state index contributed by atoms with van der Waals surface area (Å²) in [5, 5.41) is 0. The third kappa shape index (κ3) is 29.7. The van der Waals surface area contributed by atoms with Crippen molar-refractivity contribution < 1.29 is 110 Å². The Labute approximate surface area is 424 Å². The summed E-state index contributed by atoms with van der Waals surface area (Å²) in [6, 6.07) is 0. The first-order chi connectivity index (χ1) is 30.0. The highest BCUT2D eigenvalue weighted by atomic mass is 28.5. The van der Waals surface area contributed by atoms with Gasteiger partial charge in [0, 0.05) is 90.3 Å². The average molecular weight is 1260 g/mol. The van der Waals surface area contributed by atoms with E-state index in [2.05, 4.69) is 0 Å². The molecule has 0 aliphatic heterocycles. The van der Waals surface area contributed by atoms with Crippen molar-refractivity contribution in [1.82, 2.24) is 0 Å². The molecule has 0 aromatic heterocycles. The SMILES string of the molecule is CCO[Si](C)(C[SiH](C)O[Si](C)(O[SiH](C)O)O[Si](C)(O)O[Si](C)(OC)O[Si](C)(OC)O[Si](C)(C)C[Si](C)(O)O[Si](C)(O)O[Si](C)(C)O[Si](C)(O)C[Si](C)(O)O[SiH](C)O)O[Si](C)(OCC)O[Si](C)(O)O. The van der Waals surface area contributed by atoms with E-state index in [0.29, 0.717) is 0 Å². The van der Waals surface area contributed by atoms with Crippen LogP contribution in [0.25, 0.3) is 0 Å². The van der Waals surface area contributed by atoms with Crippen LogP contribution < -0.4 is 0 Å². The first-order valence-corrected chi connectivity index (χ1v) is 60.7. The molecule has 0 aliphatic rings. The Kier molecular flexibility index (Phi) is 27.7. The van der Waals surface area contributed by atoms with Crippen LogP contribution in [0.3, 0.4) is 0 Å². The maximum atomic E-state index is 11.9. The lowest BCUT2D eigenvalue weighted by molar-refractivity contribution is 0.101. The van der Waals surface area contributed by atoms with Gasteiger partial charge in [0.05, 0.1) is 0 Å². The van der Waals surface area contributed by atoms with Crippen LogP contribution >= 0.6 is 0 Å². The standard InChI is InChI=1S/C27H88O25Si16/c1-23-39-61(15,48-67(21,40-24-2)49-62(16,33)34)25-53(5)41-68(22,43-55(7)29)51-64(18,36)50-66(20,38-4)52-65(19,37-3)44-56(8,9)26-59(13,31)47-63(17,35)46-57(10,11)45-60(14,32)27-58(12,30)42-54(6)28/h28-36,53-55H,23-27H2,1-22H3. The Bertz CT molecular complexity index is 1520. The largest absolute Gasteiger partial charge is 0.484 e. The molecule has 0 aromatic carbocycles. The van der Waals surface area contributed by atoms with E-state index < -0.39 is 140 Å². The van der Waals surface area contributed by atoms with Crippen molar-refractivity contribution in [2.45, 2.75) is 149 Å². The van der Waals surface area contributed by atoms with E-state index in [1.54, 1.807) is 59.7 Å². The maximum absolute atomic E-state index is 11.9. The summed E-state index contributed by atoms with van der Waals surface area (Å²) < 4.78 is 97.0. The van der Waals surface area contributed by atoms with Gasteiger partial charge in [-0.25, -0.2) is 0 Å². The average Bonchev–Trinajstić information content (AvgIpc) is 2.97. The van der Waals surface area contributed by atoms with Crippen molar-refractivity contribution >= 4 is 140 Å². The summed E-state index contributed by atoms with van der Waals surface area (Å²) in [5.41, 5.74) is 0.105. The molecule has 13 unspecified atom stereocenters. The monoisotopic (exact) mass is 1260 g/mol. The van der Waals surface area contributed by atoms with Crippen LogP contribution in [0.5, 0.6) is 0 Å². The first kappa shape index (κ1) is 70.5. The van der Waals surface area contributed by atoms with Gasteiger partial charge in [0.25, 0.3) is 0 Å². The van der Waals surface area contributed by atoms with Gasteiger partial charge >= 0.3 is 123 Å². The van der Waals surface area contributed by atoms with Crippen molar-refractivity contribution in [3.63, 3.8) is 0 Å². The molecule has 0 aliphatic carbocycles. The maximum Gasteiger partial charge on any atom is 0.484 e. The second kappa shape index (κ2) is 26.7. The van der Waals surface area contributed by atoms with Crippen LogP contribution in [0.2, 0.25) is 135 Å². The number of rotatable bonds is 36. The van der Waals surface area contributed by atoms with Gasteiger partial charge in [-0.2, -0.15) is 0 Å². The van der Waals surface area contributed by atoms with Crippen molar-refractivity contribution in [3.05, 3.63) is 0 Å². The molecule has 0 aromatic rings. The molecule has 410 valence electrons. The van der Waals surface area contributed by atoms with E-state index in [4.69, 9.17) is 67.1 Å². The molecule has 13 atom stereocenters. The fraction of sp³-hybridized carbons (Fsp3) is 1.00. The van der Waals surface area contributed by atoms with Gasteiger partial charge in [-0.15, -0.1) is 0 Å². The van der Waals surface area contributed by atoms with Crippen LogP contribution in [0.1, 0.15) is 13.8 Å². The highest BCUT2D eigenvalue weighted by Gasteiger charge is 2.59. The molecule has 0 fully saturated rings. The van der Waals surface area contributed by atoms with Gasteiger partial charge in [0.1, 0.15) is 0 Å².